The van der Waals surface area contributed by atoms with Crippen LogP contribution in [0.3, 0.4) is 0 Å². The second-order valence-corrected chi connectivity index (χ2v) is 6.95. The van der Waals surface area contributed by atoms with Crippen LogP contribution in [0.4, 0.5) is 0 Å². The number of rotatable bonds is 3. The first kappa shape index (κ1) is 14.7. The van der Waals surface area contributed by atoms with Crippen LogP contribution in [0.2, 0.25) is 0 Å². The molecule has 122 valence electrons. The lowest BCUT2D eigenvalue weighted by Gasteiger charge is -2.37. The van der Waals surface area contributed by atoms with Gasteiger partial charge in [0.25, 0.3) is 0 Å². The second-order valence-electron chi connectivity index (χ2n) is 6.95. The van der Waals surface area contributed by atoms with E-state index < -0.39 is 0 Å². The number of H-pyrrole nitrogens is 2. The normalized spacial score (nSPS) is 25.2. The van der Waals surface area contributed by atoms with Crippen LogP contribution in [0.15, 0.2) is 29.1 Å². The van der Waals surface area contributed by atoms with Crippen LogP contribution in [0.25, 0.3) is 0 Å². The lowest BCUT2D eigenvalue weighted by Crippen LogP contribution is -2.39. The molecule has 5 heteroatoms. The standard InChI is InChI=1S/C18H24N4O/c23-18-19-17(20-21-18)16-7-3-4-10-22(16)12-13-8-9-14-5-1-2-6-15(14)11-13/h1-2,5-6,13,16H,3-4,7-12H2,(H2,19,20,21,23). The van der Waals surface area contributed by atoms with Crippen molar-refractivity contribution < 1.29 is 0 Å². The molecule has 1 fully saturated rings. The average Bonchev–Trinajstić information content (AvgIpc) is 3.01. The summed E-state index contributed by atoms with van der Waals surface area (Å²) in [5.74, 6) is 1.52. The zero-order chi connectivity index (χ0) is 15.6. The highest BCUT2D eigenvalue weighted by atomic mass is 16.1. The van der Waals surface area contributed by atoms with Crippen LogP contribution < -0.4 is 5.69 Å². The third kappa shape index (κ3) is 3.11. The molecule has 1 aromatic carbocycles. The Labute approximate surface area is 136 Å². The molecule has 0 saturated carbocycles. The van der Waals surface area contributed by atoms with Crippen LogP contribution in [0.5, 0.6) is 0 Å². The molecule has 1 aromatic heterocycles. The third-order valence-corrected chi connectivity index (χ3v) is 5.39. The summed E-state index contributed by atoms with van der Waals surface area (Å²) < 4.78 is 0. The van der Waals surface area contributed by atoms with Gasteiger partial charge in [0.1, 0.15) is 5.82 Å². The van der Waals surface area contributed by atoms with E-state index in [1.54, 1.807) is 0 Å². The van der Waals surface area contributed by atoms with Gasteiger partial charge < -0.3 is 0 Å². The zero-order valence-electron chi connectivity index (χ0n) is 13.4. The van der Waals surface area contributed by atoms with Gasteiger partial charge in [-0.1, -0.05) is 30.7 Å². The van der Waals surface area contributed by atoms with Crippen LogP contribution in [0, 0.1) is 5.92 Å². The first-order valence-electron chi connectivity index (χ1n) is 8.75. The van der Waals surface area contributed by atoms with Crippen molar-refractivity contribution in [2.45, 2.75) is 44.6 Å². The molecule has 2 heterocycles. The lowest BCUT2D eigenvalue weighted by molar-refractivity contribution is 0.115. The van der Waals surface area contributed by atoms with Gasteiger partial charge in [-0.3, -0.25) is 9.88 Å². The third-order valence-electron chi connectivity index (χ3n) is 5.39. The van der Waals surface area contributed by atoms with Crippen LogP contribution >= 0.6 is 0 Å². The number of hydrogen-bond acceptors (Lipinski definition) is 3. The molecule has 0 amide bonds. The van der Waals surface area contributed by atoms with Crippen molar-refractivity contribution in [1.29, 1.82) is 0 Å². The van der Waals surface area contributed by atoms with Crippen molar-refractivity contribution in [2.75, 3.05) is 13.1 Å². The minimum atomic E-state index is -0.197. The summed E-state index contributed by atoms with van der Waals surface area (Å²) in [5.41, 5.74) is 2.85. The molecular formula is C18H24N4O. The molecule has 1 saturated heterocycles. The molecule has 2 N–H and O–H groups in total. The average molecular weight is 312 g/mol. The highest BCUT2D eigenvalue weighted by molar-refractivity contribution is 5.29. The maximum absolute atomic E-state index is 11.4. The summed E-state index contributed by atoms with van der Waals surface area (Å²) in [5, 5.41) is 6.70. The second kappa shape index (κ2) is 6.32. The first-order valence-corrected chi connectivity index (χ1v) is 8.75. The van der Waals surface area contributed by atoms with Gasteiger partial charge in [0.2, 0.25) is 0 Å². The molecule has 1 aliphatic carbocycles. The summed E-state index contributed by atoms with van der Waals surface area (Å²) in [6.07, 6.45) is 7.18. The van der Waals surface area contributed by atoms with Crippen molar-refractivity contribution in [3.05, 3.63) is 51.7 Å². The fraction of sp³-hybridized carbons (Fsp3) is 0.556. The van der Waals surface area contributed by atoms with Crippen LogP contribution in [-0.4, -0.2) is 33.2 Å². The highest BCUT2D eigenvalue weighted by Crippen LogP contribution is 2.32. The van der Waals surface area contributed by atoms with E-state index in [9.17, 15) is 4.79 Å². The molecule has 2 unspecified atom stereocenters. The van der Waals surface area contributed by atoms with Gasteiger partial charge in [-0.2, -0.15) is 5.10 Å². The maximum Gasteiger partial charge on any atom is 0.340 e. The number of fused-ring (bicyclic) bond motifs is 1. The van der Waals surface area contributed by atoms with Crippen molar-refractivity contribution in [1.82, 2.24) is 20.1 Å². The van der Waals surface area contributed by atoms with Gasteiger partial charge in [-0.15, -0.1) is 0 Å². The van der Waals surface area contributed by atoms with Gasteiger partial charge in [-0.05, 0) is 55.7 Å². The van der Waals surface area contributed by atoms with E-state index in [4.69, 9.17) is 0 Å². The van der Waals surface area contributed by atoms with Crippen molar-refractivity contribution in [3.63, 3.8) is 0 Å². The van der Waals surface area contributed by atoms with Crippen molar-refractivity contribution in [2.24, 2.45) is 5.92 Å². The number of likely N-dealkylation sites (tertiary alicyclic amines) is 1. The number of aromatic amines is 2. The molecule has 2 aliphatic rings. The minimum Gasteiger partial charge on any atom is -0.293 e. The topological polar surface area (TPSA) is 64.8 Å². The van der Waals surface area contributed by atoms with Crippen LogP contribution in [0.1, 0.15) is 48.7 Å². The predicted octanol–water partition coefficient (Wildman–Crippen LogP) is 2.43. The van der Waals surface area contributed by atoms with E-state index in [0.29, 0.717) is 5.92 Å². The molecule has 1 aliphatic heterocycles. The molecule has 0 bridgehead atoms. The van der Waals surface area contributed by atoms with Gasteiger partial charge >= 0.3 is 5.69 Å². The Balaban J connectivity index is 1.47. The maximum atomic E-state index is 11.4. The summed E-state index contributed by atoms with van der Waals surface area (Å²) >= 11 is 0. The molecule has 5 nitrogen and oxygen atoms in total. The first-order chi connectivity index (χ1) is 11.3. The number of aryl methyl sites for hydroxylation is 1. The number of benzene rings is 1. The molecule has 0 spiro atoms. The fourth-order valence-corrected chi connectivity index (χ4v) is 4.22. The molecule has 2 aromatic rings. The zero-order valence-corrected chi connectivity index (χ0v) is 13.4. The minimum absolute atomic E-state index is 0.197. The van der Waals surface area contributed by atoms with E-state index in [0.717, 1.165) is 25.3 Å². The number of piperidine rings is 1. The van der Waals surface area contributed by atoms with E-state index >= 15 is 0 Å². The lowest BCUT2D eigenvalue weighted by atomic mass is 9.83. The Morgan fingerprint density at radius 1 is 1.17 bits per heavy atom. The predicted molar refractivity (Wildman–Crippen MR) is 89.3 cm³/mol. The SMILES string of the molecule is O=c1[nH]nc(C2CCCCN2CC2CCc3ccccc3C2)[nH]1. The molecule has 4 rings (SSSR count). The molecule has 23 heavy (non-hydrogen) atoms. The van der Waals surface area contributed by atoms with Gasteiger partial charge in [0.05, 0.1) is 6.04 Å². The van der Waals surface area contributed by atoms with E-state index in [1.807, 2.05) is 0 Å². The quantitative estimate of drug-likeness (QED) is 0.915. The smallest absolute Gasteiger partial charge is 0.293 e. The Morgan fingerprint density at radius 3 is 2.87 bits per heavy atom. The van der Waals surface area contributed by atoms with E-state index in [1.165, 1.54) is 43.2 Å². The largest absolute Gasteiger partial charge is 0.340 e. The molecule has 0 radical (unpaired) electrons. The van der Waals surface area contributed by atoms with E-state index in [2.05, 4.69) is 44.3 Å². The van der Waals surface area contributed by atoms with Gasteiger partial charge in [-0.25, -0.2) is 9.89 Å². The van der Waals surface area contributed by atoms with Crippen LogP contribution in [-0.2, 0) is 12.8 Å². The molecular weight excluding hydrogens is 288 g/mol. The molecule has 2 atom stereocenters. The Kier molecular flexibility index (Phi) is 4.04. The number of nitrogens with zero attached hydrogens (tertiary/aromatic N) is 2. The Bertz CT molecular complexity index is 720. The summed E-state index contributed by atoms with van der Waals surface area (Å²) in [6, 6.07) is 9.11. The summed E-state index contributed by atoms with van der Waals surface area (Å²) in [4.78, 5) is 16.8. The van der Waals surface area contributed by atoms with Gasteiger partial charge in [0.15, 0.2) is 0 Å². The Hall–Kier alpha value is -1.88. The fourth-order valence-electron chi connectivity index (χ4n) is 4.22. The monoisotopic (exact) mass is 312 g/mol. The Morgan fingerprint density at radius 2 is 2.04 bits per heavy atom. The van der Waals surface area contributed by atoms with E-state index in [-0.39, 0.29) is 11.7 Å². The number of hydrogen-bond donors (Lipinski definition) is 2. The van der Waals surface area contributed by atoms with Crippen molar-refractivity contribution in [3.8, 4) is 0 Å². The highest BCUT2D eigenvalue weighted by Gasteiger charge is 2.29. The summed E-state index contributed by atoms with van der Waals surface area (Å²) in [7, 11) is 0. The van der Waals surface area contributed by atoms with Gasteiger partial charge in [0, 0.05) is 6.54 Å². The number of aromatic nitrogens is 3. The summed E-state index contributed by atoms with van der Waals surface area (Å²) in [6.45, 7) is 2.21. The number of nitrogens with one attached hydrogen (secondary N) is 2. The van der Waals surface area contributed by atoms with Crippen molar-refractivity contribution >= 4 is 0 Å².